The number of hydrogen-bond acceptors (Lipinski definition) is 1. The highest BCUT2D eigenvalue weighted by Gasteiger charge is 2.19. The van der Waals surface area contributed by atoms with Crippen molar-refractivity contribution in [1.82, 2.24) is 0 Å². The van der Waals surface area contributed by atoms with Crippen LogP contribution in [0.2, 0.25) is 5.02 Å². The van der Waals surface area contributed by atoms with Crippen LogP contribution in [-0.4, -0.2) is 0 Å². The first-order valence-electron chi connectivity index (χ1n) is 9.35. The first-order chi connectivity index (χ1) is 11.8. The van der Waals surface area contributed by atoms with Gasteiger partial charge < -0.3 is 4.74 Å². The molecule has 1 aliphatic rings. The Morgan fingerprint density at radius 3 is 2.54 bits per heavy atom. The fraction of sp³-hybridized carbons (Fsp3) is 0.455. The van der Waals surface area contributed by atoms with Gasteiger partial charge in [-0.1, -0.05) is 75.2 Å². The molecule has 128 valence electrons. The number of unbranched alkanes of at least 4 members (excludes halogenated alkanes) is 6. The van der Waals surface area contributed by atoms with Gasteiger partial charge in [-0.2, -0.15) is 0 Å². The van der Waals surface area contributed by atoms with E-state index in [9.17, 15) is 0 Å². The average Bonchev–Trinajstić information content (AvgIpc) is 2.59. The standard InChI is InChI=1S/C22H27ClO/c1-2-3-4-5-6-7-8-10-17-11-9-12-21-20(17)15-18-13-14-19(23)16-22(18)24-21/h9,11-14,16H,2-8,10,15H2,1H3. The number of rotatable bonds is 8. The highest BCUT2D eigenvalue weighted by atomic mass is 35.5. The van der Waals surface area contributed by atoms with E-state index >= 15 is 0 Å². The Balaban J connectivity index is 1.58. The van der Waals surface area contributed by atoms with Gasteiger partial charge in [0.25, 0.3) is 0 Å². The second-order valence-electron chi connectivity index (χ2n) is 6.80. The van der Waals surface area contributed by atoms with E-state index in [2.05, 4.69) is 31.2 Å². The normalized spacial score (nSPS) is 12.4. The lowest BCUT2D eigenvalue weighted by Crippen LogP contribution is -2.06. The van der Waals surface area contributed by atoms with Crippen LogP contribution in [0.25, 0.3) is 0 Å². The number of fused-ring (bicyclic) bond motifs is 2. The summed E-state index contributed by atoms with van der Waals surface area (Å²) in [5, 5.41) is 0.733. The van der Waals surface area contributed by atoms with Crippen molar-refractivity contribution >= 4 is 11.6 Å². The molecule has 24 heavy (non-hydrogen) atoms. The van der Waals surface area contributed by atoms with Crippen LogP contribution >= 0.6 is 11.6 Å². The fourth-order valence-corrected chi connectivity index (χ4v) is 3.65. The first-order valence-corrected chi connectivity index (χ1v) is 9.73. The summed E-state index contributed by atoms with van der Waals surface area (Å²) in [6, 6.07) is 12.4. The molecule has 3 rings (SSSR count). The molecule has 0 aliphatic carbocycles. The van der Waals surface area contributed by atoms with E-state index in [0.29, 0.717) is 0 Å². The van der Waals surface area contributed by atoms with Gasteiger partial charge in [0.1, 0.15) is 11.5 Å². The second-order valence-corrected chi connectivity index (χ2v) is 7.23. The lowest BCUT2D eigenvalue weighted by atomic mass is 9.93. The molecule has 1 nitrogen and oxygen atoms in total. The first kappa shape index (κ1) is 17.4. The molecule has 0 saturated carbocycles. The third kappa shape index (κ3) is 4.33. The predicted molar refractivity (Wildman–Crippen MR) is 102 cm³/mol. The van der Waals surface area contributed by atoms with Gasteiger partial charge in [-0.05, 0) is 42.2 Å². The van der Waals surface area contributed by atoms with Crippen molar-refractivity contribution in [3.63, 3.8) is 0 Å². The Labute approximate surface area is 151 Å². The van der Waals surface area contributed by atoms with Crippen LogP contribution in [0.15, 0.2) is 36.4 Å². The maximum absolute atomic E-state index is 6.09. The molecule has 2 aromatic rings. The summed E-state index contributed by atoms with van der Waals surface area (Å²) in [7, 11) is 0. The number of hydrogen-bond donors (Lipinski definition) is 0. The summed E-state index contributed by atoms with van der Waals surface area (Å²) >= 11 is 6.08. The molecule has 2 aromatic carbocycles. The van der Waals surface area contributed by atoms with Crippen molar-refractivity contribution < 1.29 is 4.74 Å². The minimum Gasteiger partial charge on any atom is -0.457 e. The third-order valence-corrected chi connectivity index (χ3v) is 5.13. The van der Waals surface area contributed by atoms with Crippen molar-refractivity contribution in [2.45, 2.75) is 64.7 Å². The molecule has 0 N–H and O–H groups in total. The van der Waals surface area contributed by atoms with Gasteiger partial charge in [0.2, 0.25) is 0 Å². The molecule has 0 fully saturated rings. The van der Waals surface area contributed by atoms with Crippen molar-refractivity contribution in [2.24, 2.45) is 0 Å². The number of ether oxygens (including phenoxy) is 1. The maximum atomic E-state index is 6.09. The minimum absolute atomic E-state index is 0.733. The van der Waals surface area contributed by atoms with Crippen LogP contribution in [0.5, 0.6) is 11.5 Å². The SMILES string of the molecule is CCCCCCCCCc1cccc2c1Cc1ccc(Cl)cc1O2. The molecule has 2 heteroatoms. The Morgan fingerprint density at radius 2 is 1.71 bits per heavy atom. The van der Waals surface area contributed by atoms with Crippen LogP contribution in [-0.2, 0) is 12.8 Å². The zero-order chi connectivity index (χ0) is 16.8. The smallest absolute Gasteiger partial charge is 0.132 e. The van der Waals surface area contributed by atoms with E-state index in [0.717, 1.165) is 29.4 Å². The Bertz CT molecular complexity index is 678. The second kappa shape index (κ2) is 8.58. The monoisotopic (exact) mass is 342 g/mol. The molecule has 1 aliphatic heterocycles. The van der Waals surface area contributed by atoms with Gasteiger partial charge in [-0.3, -0.25) is 0 Å². The van der Waals surface area contributed by atoms with Crippen molar-refractivity contribution in [1.29, 1.82) is 0 Å². The predicted octanol–water partition coefficient (Wildman–Crippen LogP) is 7.33. The van der Waals surface area contributed by atoms with Crippen molar-refractivity contribution in [3.8, 4) is 11.5 Å². The Morgan fingerprint density at radius 1 is 0.917 bits per heavy atom. The summed E-state index contributed by atoms with van der Waals surface area (Å²) in [4.78, 5) is 0. The quantitative estimate of drug-likeness (QED) is 0.389. The van der Waals surface area contributed by atoms with E-state index in [1.807, 2.05) is 12.1 Å². The molecule has 0 radical (unpaired) electrons. The molecule has 0 amide bonds. The molecule has 0 atom stereocenters. The molecule has 0 aromatic heterocycles. The number of benzene rings is 2. The highest BCUT2D eigenvalue weighted by Crippen LogP contribution is 2.39. The van der Waals surface area contributed by atoms with E-state index in [4.69, 9.17) is 16.3 Å². The molecule has 1 heterocycles. The molecule has 0 saturated heterocycles. The molecule has 0 bridgehead atoms. The van der Waals surface area contributed by atoms with E-state index in [-0.39, 0.29) is 0 Å². The Kier molecular flexibility index (Phi) is 6.20. The number of halogens is 1. The lowest BCUT2D eigenvalue weighted by Gasteiger charge is -2.22. The summed E-state index contributed by atoms with van der Waals surface area (Å²) in [6.45, 7) is 2.27. The topological polar surface area (TPSA) is 9.23 Å². The minimum atomic E-state index is 0.733. The van der Waals surface area contributed by atoms with Crippen LogP contribution < -0.4 is 4.74 Å². The van der Waals surface area contributed by atoms with Crippen molar-refractivity contribution in [2.75, 3.05) is 0 Å². The maximum Gasteiger partial charge on any atom is 0.132 e. The average molecular weight is 343 g/mol. The van der Waals surface area contributed by atoms with E-state index < -0.39 is 0 Å². The zero-order valence-electron chi connectivity index (χ0n) is 14.6. The Hall–Kier alpha value is -1.47. The van der Waals surface area contributed by atoms with E-state index in [1.54, 1.807) is 0 Å². The summed E-state index contributed by atoms with van der Waals surface area (Å²) in [6.07, 6.45) is 11.6. The fourth-order valence-electron chi connectivity index (χ4n) is 3.49. The molecule has 0 unspecified atom stereocenters. The molecular formula is C22H27ClO. The van der Waals surface area contributed by atoms with Crippen molar-refractivity contribution in [3.05, 3.63) is 58.1 Å². The van der Waals surface area contributed by atoms with Gasteiger partial charge in [-0.25, -0.2) is 0 Å². The summed E-state index contributed by atoms with van der Waals surface area (Å²) < 4.78 is 6.09. The van der Waals surface area contributed by atoms with Gasteiger partial charge in [0.05, 0.1) is 0 Å². The van der Waals surface area contributed by atoms with Crippen LogP contribution in [0.4, 0.5) is 0 Å². The van der Waals surface area contributed by atoms with Gasteiger partial charge in [-0.15, -0.1) is 0 Å². The molecule has 0 spiro atoms. The van der Waals surface area contributed by atoms with Crippen LogP contribution in [0.3, 0.4) is 0 Å². The van der Waals surface area contributed by atoms with Crippen LogP contribution in [0.1, 0.15) is 68.6 Å². The summed E-state index contributed by atoms with van der Waals surface area (Å²) in [5.41, 5.74) is 4.04. The summed E-state index contributed by atoms with van der Waals surface area (Å²) in [5.74, 6) is 1.91. The number of aryl methyl sites for hydroxylation is 1. The lowest BCUT2D eigenvalue weighted by molar-refractivity contribution is 0.458. The van der Waals surface area contributed by atoms with Crippen LogP contribution in [0, 0.1) is 0 Å². The largest absolute Gasteiger partial charge is 0.457 e. The highest BCUT2D eigenvalue weighted by molar-refractivity contribution is 6.30. The zero-order valence-corrected chi connectivity index (χ0v) is 15.4. The van der Waals surface area contributed by atoms with Gasteiger partial charge in [0, 0.05) is 17.0 Å². The van der Waals surface area contributed by atoms with E-state index in [1.165, 1.54) is 61.6 Å². The van der Waals surface area contributed by atoms with Gasteiger partial charge >= 0.3 is 0 Å². The van der Waals surface area contributed by atoms with Gasteiger partial charge in [0.15, 0.2) is 0 Å². The molecular weight excluding hydrogens is 316 g/mol. The third-order valence-electron chi connectivity index (χ3n) is 4.90.